The summed E-state index contributed by atoms with van der Waals surface area (Å²) >= 11 is 2.03. The Kier molecular flexibility index (Phi) is 3.01. The fraction of sp³-hybridized carbons (Fsp3) is 1.00. The maximum Gasteiger partial charge on any atom is 0.0317 e. The third kappa shape index (κ3) is 1.65. The summed E-state index contributed by atoms with van der Waals surface area (Å²) in [6.07, 6.45) is 2.45. The monoisotopic (exact) mass is 160 g/mol. The van der Waals surface area contributed by atoms with Crippen molar-refractivity contribution in [2.24, 2.45) is 5.73 Å². The van der Waals surface area contributed by atoms with E-state index in [1.54, 1.807) is 0 Å². The first-order chi connectivity index (χ1) is 4.83. The molecule has 1 fully saturated rings. The van der Waals surface area contributed by atoms with E-state index in [4.69, 9.17) is 5.73 Å². The lowest BCUT2D eigenvalue weighted by molar-refractivity contribution is 0.333. The summed E-state index contributed by atoms with van der Waals surface area (Å²) in [5, 5.41) is 3.33. The Hall–Kier alpha value is 0.270. The molecule has 3 N–H and O–H groups in total. The largest absolute Gasteiger partial charge is 0.329 e. The molecule has 0 aromatic heterocycles. The highest BCUT2D eigenvalue weighted by molar-refractivity contribution is 7.99. The first-order valence-corrected chi connectivity index (χ1v) is 4.95. The molecule has 0 unspecified atom stereocenters. The Morgan fingerprint density at radius 3 is 2.40 bits per heavy atom. The van der Waals surface area contributed by atoms with Crippen LogP contribution in [0.4, 0.5) is 0 Å². The van der Waals surface area contributed by atoms with Crippen LogP contribution in [0.25, 0.3) is 0 Å². The molecule has 0 aliphatic carbocycles. The number of nitrogens with two attached hydrogens (primary N) is 1. The first-order valence-electron chi connectivity index (χ1n) is 3.80. The van der Waals surface area contributed by atoms with Crippen LogP contribution in [0.5, 0.6) is 0 Å². The number of rotatable bonds is 2. The van der Waals surface area contributed by atoms with E-state index in [0.717, 1.165) is 6.54 Å². The third-order valence-electron chi connectivity index (χ3n) is 2.37. The summed E-state index contributed by atoms with van der Waals surface area (Å²) in [4.78, 5) is 0. The zero-order chi connectivity index (χ0) is 7.45. The van der Waals surface area contributed by atoms with Gasteiger partial charge in [0.2, 0.25) is 0 Å². The van der Waals surface area contributed by atoms with E-state index in [-0.39, 0.29) is 5.54 Å². The fourth-order valence-electron chi connectivity index (χ4n) is 1.32. The van der Waals surface area contributed by atoms with E-state index in [9.17, 15) is 0 Å². The molecule has 1 saturated heterocycles. The molecule has 1 rings (SSSR count). The average molecular weight is 160 g/mol. The van der Waals surface area contributed by atoms with Crippen molar-refractivity contribution >= 4 is 11.8 Å². The van der Waals surface area contributed by atoms with Crippen LogP contribution in [0.3, 0.4) is 0 Å². The summed E-state index contributed by atoms with van der Waals surface area (Å²) in [6, 6.07) is 0. The van der Waals surface area contributed by atoms with E-state index in [1.807, 2.05) is 18.8 Å². The number of hydrogen-bond donors (Lipinski definition) is 2. The molecule has 0 amide bonds. The average Bonchev–Trinajstić information content (AvgIpc) is 2.06. The van der Waals surface area contributed by atoms with Crippen LogP contribution in [0, 0.1) is 0 Å². The summed E-state index contributed by atoms with van der Waals surface area (Å²) in [7, 11) is 2.02. The van der Waals surface area contributed by atoms with Gasteiger partial charge in [0.1, 0.15) is 0 Å². The molecule has 0 saturated carbocycles. The molecule has 1 heterocycles. The standard InChI is InChI=1S/C7H16N2S/c1-9-7(6-8)2-4-10-5-3-7/h9H,2-6,8H2,1H3. The minimum atomic E-state index is 0.269. The van der Waals surface area contributed by atoms with Crippen molar-refractivity contribution in [1.29, 1.82) is 0 Å². The van der Waals surface area contributed by atoms with Gasteiger partial charge in [-0.3, -0.25) is 0 Å². The zero-order valence-electron chi connectivity index (χ0n) is 6.52. The zero-order valence-corrected chi connectivity index (χ0v) is 7.34. The second-order valence-electron chi connectivity index (χ2n) is 2.85. The normalized spacial score (nSPS) is 24.6. The van der Waals surface area contributed by atoms with Crippen LogP contribution in [0.15, 0.2) is 0 Å². The molecule has 10 heavy (non-hydrogen) atoms. The summed E-state index contributed by atoms with van der Waals surface area (Å²) in [5.41, 5.74) is 5.95. The van der Waals surface area contributed by atoms with E-state index in [0.29, 0.717) is 0 Å². The van der Waals surface area contributed by atoms with Crippen molar-refractivity contribution in [2.75, 3.05) is 25.1 Å². The molecule has 0 aromatic rings. The Morgan fingerprint density at radius 2 is 2.10 bits per heavy atom. The number of likely N-dealkylation sites (N-methyl/N-ethyl adjacent to an activating group) is 1. The predicted octanol–water partition coefficient (Wildman–Crippen LogP) is 0.430. The second kappa shape index (κ2) is 3.60. The van der Waals surface area contributed by atoms with Gasteiger partial charge in [-0.1, -0.05) is 0 Å². The molecule has 60 valence electrons. The SMILES string of the molecule is CNC1(CN)CCSCC1. The van der Waals surface area contributed by atoms with Gasteiger partial charge in [-0.15, -0.1) is 0 Å². The van der Waals surface area contributed by atoms with Gasteiger partial charge in [0, 0.05) is 12.1 Å². The minimum Gasteiger partial charge on any atom is -0.329 e. The Bertz CT molecular complexity index is 93.8. The lowest BCUT2D eigenvalue weighted by atomic mass is 9.93. The number of nitrogens with one attached hydrogen (secondary N) is 1. The highest BCUT2D eigenvalue weighted by atomic mass is 32.2. The van der Waals surface area contributed by atoms with Crippen LogP contribution in [0.1, 0.15) is 12.8 Å². The fourth-order valence-corrected chi connectivity index (χ4v) is 2.59. The molecule has 2 nitrogen and oxygen atoms in total. The van der Waals surface area contributed by atoms with E-state index in [2.05, 4.69) is 5.32 Å². The van der Waals surface area contributed by atoms with E-state index in [1.165, 1.54) is 24.3 Å². The Balaban J connectivity index is 2.44. The molecule has 1 aliphatic rings. The Morgan fingerprint density at radius 1 is 1.50 bits per heavy atom. The van der Waals surface area contributed by atoms with Gasteiger partial charge < -0.3 is 11.1 Å². The highest BCUT2D eigenvalue weighted by Gasteiger charge is 2.28. The molecular formula is C7H16N2S. The Labute approximate surface area is 66.9 Å². The maximum atomic E-state index is 5.68. The van der Waals surface area contributed by atoms with Crippen LogP contribution in [0.2, 0.25) is 0 Å². The van der Waals surface area contributed by atoms with Gasteiger partial charge in [-0.2, -0.15) is 11.8 Å². The van der Waals surface area contributed by atoms with Crippen molar-refractivity contribution in [3.8, 4) is 0 Å². The van der Waals surface area contributed by atoms with E-state index >= 15 is 0 Å². The lowest BCUT2D eigenvalue weighted by Gasteiger charge is -2.35. The van der Waals surface area contributed by atoms with Gasteiger partial charge in [0.05, 0.1) is 0 Å². The van der Waals surface area contributed by atoms with E-state index < -0.39 is 0 Å². The third-order valence-corrected chi connectivity index (χ3v) is 3.36. The predicted molar refractivity (Wildman–Crippen MR) is 47.4 cm³/mol. The van der Waals surface area contributed by atoms with Gasteiger partial charge >= 0.3 is 0 Å². The number of hydrogen-bond acceptors (Lipinski definition) is 3. The summed E-state index contributed by atoms with van der Waals surface area (Å²) in [6.45, 7) is 0.782. The van der Waals surface area contributed by atoms with Crippen LogP contribution in [-0.2, 0) is 0 Å². The smallest absolute Gasteiger partial charge is 0.0317 e. The molecule has 1 aliphatic heterocycles. The minimum absolute atomic E-state index is 0.269. The molecular weight excluding hydrogens is 144 g/mol. The van der Waals surface area contributed by atoms with Gasteiger partial charge in [-0.05, 0) is 31.4 Å². The summed E-state index contributed by atoms with van der Waals surface area (Å²) in [5.74, 6) is 2.52. The second-order valence-corrected chi connectivity index (χ2v) is 4.07. The highest BCUT2D eigenvalue weighted by Crippen LogP contribution is 2.25. The maximum absolute atomic E-state index is 5.68. The topological polar surface area (TPSA) is 38.0 Å². The van der Waals surface area contributed by atoms with Crippen molar-refractivity contribution in [3.05, 3.63) is 0 Å². The molecule has 0 radical (unpaired) electrons. The van der Waals surface area contributed by atoms with Crippen molar-refractivity contribution < 1.29 is 0 Å². The van der Waals surface area contributed by atoms with Crippen LogP contribution in [-0.4, -0.2) is 30.6 Å². The molecule has 0 bridgehead atoms. The van der Waals surface area contributed by atoms with Gasteiger partial charge in [-0.25, -0.2) is 0 Å². The molecule has 0 aromatic carbocycles. The van der Waals surface area contributed by atoms with Crippen molar-refractivity contribution in [3.63, 3.8) is 0 Å². The van der Waals surface area contributed by atoms with Crippen molar-refractivity contribution in [2.45, 2.75) is 18.4 Å². The van der Waals surface area contributed by atoms with Crippen LogP contribution >= 0.6 is 11.8 Å². The van der Waals surface area contributed by atoms with Crippen LogP contribution < -0.4 is 11.1 Å². The molecule has 0 spiro atoms. The molecule has 0 atom stereocenters. The first kappa shape index (κ1) is 8.37. The van der Waals surface area contributed by atoms with Gasteiger partial charge in [0.15, 0.2) is 0 Å². The quantitative estimate of drug-likeness (QED) is 0.615. The molecule has 3 heteroatoms. The number of thioether (sulfide) groups is 1. The van der Waals surface area contributed by atoms with Gasteiger partial charge in [0.25, 0.3) is 0 Å². The summed E-state index contributed by atoms with van der Waals surface area (Å²) < 4.78 is 0. The lowest BCUT2D eigenvalue weighted by Crippen LogP contribution is -2.51. The van der Waals surface area contributed by atoms with Crippen molar-refractivity contribution in [1.82, 2.24) is 5.32 Å².